The minimum atomic E-state index is 0.638. The van der Waals surface area contributed by atoms with E-state index in [0.717, 1.165) is 31.1 Å². The average molecular weight is 356 g/mol. The molecule has 1 aromatic carbocycles. The first-order valence-electron chi connectivity index (χ1n) is 9.14. The topological polar surface area (TPSA) is 32.0 Å². The number of nitrogens with zero attached hydrogens (tertiary/aromatic N) is 3. The van der Waals surface area contributed by atoms with Crippen molar-refractivity contribution in [3.63, 3.8) is 0 Å². The highest BCUT2D eigenvalue weighted by Gasteiger charge is 2.24. The summed E-state index contributed by atoms with van der Waals surface area (Å²) in [5.74, 6) is 0.638. The fourth-order valence-electron chi connectivity index (χ4n) is 3.85. The standard InChI is InChI=1S/C21H26ClN3/c1-16-17(2)25(20-7-5-19(22)6-8-20)15-21(16)18-9-13-24(14-10-18)12-4-3-11-23/h5-8,15,18H,3-4,9-10,12-14H2,1-2H3. The van der Waals surface area contributed by atoms with E-state index in [2.05, 4.69) is 47.7 Å². The molecule has 1 fully saturated rings. The van der Waals surface area contributed by atoms with Crippen LogP contribution in [0.25, 0.3) is 5.69 Å². The molecular weight excluding hydrogens is 330 g/mol. The molecule has 1 aliphatic rings. The number of nitriles is 1. The molecule has 4 heteroatoms. The minimum absolute atomic E-state index is 0.638. The van der Waals surface area contributed by atoms with Gasteiger partial charge in [0.1, 0.15) is 0 Å². The molecule has 0 aliphatic carbocycles. The van der Waals surface area contributed by atoms with Gasteiger partial charge >= 0.3 is 0 Å². The molecule has 3 nitrogen and oxygen atoms in total. The van der Waals surface area contributed by atoms with Gasteiger partial charge in [0.05, 0.1) is 6.07 Å². The number of halogens is 1. The van der Waals surface area contributed by atoms with Gasteiger partial charge in [0, 0.05) is 29.0 Å². The zero-order valence-corrected chi connectivity index (χ0v) is 15.9. The Morgan fingerprint density at radius 3 is 2.48 bits per heavy atom. The molecule has 2 aromatic rings. The Labute approximate surface area is 155 Å². The van der Waals surface area contributed by atoms with Gasteiger partial charge in [-0.2, -0.15) is 5.26 Å². The molecule has 0 unspecified atom stereocenters. The van der Waals surface area contributed by atoms with Gasteiger partial charge in [-0.05, 0) is 94.1 Å². The van der Waals surface area contributed by atoms with Gasteiger partial charge in [-0.25, -0.2) is 0 Å². The molecule has 0 bridgehead atoms. The molecule has 0 spiro atoms. The lowest BCUT2D eigenvalue weighted by molar-refractivity contribution is 0.211. The number of hydrogen-bond donors (Lipinski definition) is 0. The first kappa shape index (κ1) is 18.0. The van der Waals surface area contributed by atoms with Crippen molar-refractivity contribution in [1.82, 2.24) is 9.47 Å². The average Bonchev–Trinajstić information content (AvgIpc) is 2.92. The van der Waals surface area contributed by atoms with Crippen molar-refractivity contribution in [3.8, 4) is 11.8 Å². The smallest absolute Gasteiger partial charge is 0.0622 e. The number of likely N-dealkylation sites (tertiary alicyclic amines) is 1. The van der Waals surface area contributed by atoms with E-state index in [0.29, 0.717) is 12.3 Å². The molecule has 0 amide bonds. The molecule has 3 rings (SSSR count). The number of unbranched alkanes of at least 4 members (excludes halogenated alkanes) is 1. The highest BCUT2D eigenvalue weighted by atomic mass is 35.5. The molecule has 132 valence electrons. The van der Waals surface area contributed by atoms with Crippen LogP contribution in [0.15, 0.2) is 30.5 Å². The van der Waals surface area contributed by atoms with Gasteiger partial charge in [0.15, 0.2) is 0 Å². The number of piperidine rings is 1. The maximum Gasteiger partial charge on any atom is 0.0622 e. The van der Waals surface area contributed by atoms with E-state index in [1.54, 1.807) is 0 Å². The van der Waals surface area contributed by atoms with Gasteiger partial charge < -0.3 is 9.47 Å². The summed E-state index contributed by atoms with van der Waals surface area (Å²) in [6, 6.07) is 10.3. The number of aromatic nitrogens is 1. The van der Waals surface area contributed by atoms with Crippen molar-refractivity contribution >= 4 is 11.6 Å². The predicted molar refractivity (Wildman–Crippen MR) is 104 cm³/mol. The van der Waals surface area contributed by atoms with Crippen molar-refractivity contribution in [2.45, 2.75) is 45.4 Å². The maximum atomic E-state index is 8.68. The SMILES string of the molecule is Cc1c(C2CCN(CCCC#N)CC2)cn(-c2ccc(Cl)cc2)c1C. The largest absolute Gasteiger partial charge is 0.321 e. The Morgan fingerprint density at radius 2 is 1.84 bits per heavy atom. The first-order chi connectivity index (χ1) is 12.1. The van der Waals surface area contributed by atoms with Gasteiger partial charge in [-0.3, -0.25) is 0 Å². The Kier molecular flexibility index (Phi) is 5.83. The van der Waals surface area contributed by atoms with Crippen LogP contribution in [0.5, 0.6) is 0 Å². The summed E-state index contributed by atoms with van der Waals surface area (Å²) in [5.41, 5.74) is 5.39. The first-order valence-corrected chi connectivity index (χ1v) is 9.51. The van der Waals surface area contributed by atoms with Crippen LogP contribution in [-0.2, 0) is 0 Å². The molecular formula is C21H26ClN3. The van der Waals surface area contributed by atoms with E-state index in [4.69, 9.17) is 16.9 Å². The van der Waals surface area contributed by atoms with Crippen LogP contribution in [0.1, 0.15) is 48.4 Å². The fraction of sp³-hybridized carbons (Fsp3) is 0.476. The van der Waals surface area contributed by atoms with Gasteiger partial charge in [0.2, 0.25) is 0 Å². The van der Waals surface area contributed by atoms with E-state index in [9.17, 15) is 0 Å². The third kappa shape index (κ3) is 4.08. The highest BCUT2D eigenvalue weighted by Crippen LogP contribution is 2.33. The summed E-state index contributed by atoms with van der Waals surface area (Å²) in [6.07, 6.45) is 6.40. The second kappa shape index (κ2) is 8.08. The third-order valence-electron chi connectivity index (χ3n) is 5.50. The Morgan fingerprint density at radius 1 is 1.16 bits per heavy atom. The number of benzene rings is 1. The Balaban J connectivity index is 1.71. The molecule has 1 aliphatic heterocycles. The van der Waals surface area contributed by atoms with Gasteiger partial charge in [-0.15, -0.1) is 0 Å². The predicted octanol–water partition coefficient (Wildman–Crippen LogP) is 5.23. The van der Waals surface area contributed by atoms with Crippen LogP contribution >= 0.6 is 11.6 Å². The van der Waals surface area contributed by atoms with Gasteiger partial charge in [0.25, 0.3) is 0 Å². The number of rotatable bonds is 5. The van der Waals surface area contributed by atoms with E-state index in [1.807, 2.05) is 12.1 Å². The van der Waals surface area contributed by atoms with Crippen LogP contribution in [0.4, 0.5) is 0 Å². The Hall–Kier alpha value is -1.76. The molecule has 0 saturated carbocycles. The summed E-state index contributed by atoms with van der Waals surface area (Å²) >= 11 is 6.02. The van der Waals surface area contributed by atoms with E-state index >= 15 is 0 Å². The molecule has 1 aromatic heterocycles. The van der Waals surface area contributed by atoms with E-state index < -0.39 is 0 Å². The molecule has 0 radical (unpaired) electrons. The summed E-state index contributed by atoms with van der Waals surface area (Å²) in [5, 5.41) is 9.45. The van der Waals surface area contributed by atoms with Crippen molar-refractivity contribution < 1.29 is 0 Å². The number of hydrogen-bond acceptors (Lipinski definition) is 2. The van der Waals surface area contributed by atoms with E-state index in [-0.39, 0.29) is 0 Å². The minimum Gasteiger partial charge on any atom is -0.321 e. The second-order valence-electron chi connectivity index (χ2n) is 7.02. The summed E-state index contributed by atoms with van der Waals surface area (Å²) < 4.78 is 2.29. The summed E-state index contributed by atoms with van der Waals surface area (Å²) in [4.78, 5) is 2.51. The lowest BCUT2D eigenvalue weighted by atomic mass is 9.88. The van der Waals surface area contributed by atoms with Crippen molar-refractivity contribution in [3.05, 3.63) is 52.3 Å². The van der Waals surface area contributed by atoms with Crippen LogP contribution in [-0.4, -0.2) is 29.1 Å². The van der Waals surface area contributed by atoms with Crippen molar-refractivity contribution in [2.24, 2.45) is 0 Å². The monoisotopic (exact) mass is 355 g/mol. The van der Waals surface area contributed by atoms with Crippen LogP contribution < -0.4 is 0 Å². The van der Waals surface area contributed by atoms with Crippen molar-refractivity contribution in [1.29, 1.82) is 5.26 Å². The zero-order valence-electron chi connectivity index (χ0n) is 15.1. The molecule has 1 saturated heterocycles. The maximum absolute atomic E-state index is 8.68. The zero-order chi connectivity index (χ0) is 17.8. The third-order valence-corrected chi connectivity index (χ3v) is 5.75. The summed E-state index contributed by atoms with van der Waals surface area (Å²) in [7, 11) is 0. The quantitative estimate of drug-likeness (QED) is 0.688. The lowest BCUT2D eigenvalue weighted by Crippen LogP contribution is -2.33. The van der Waals surface area contributed by atoms with Crippen molar-refractivity contribution in [2.75, 3.05) is 19.6 Å². The van der Waals surface area contributed by atoms with Crippen LogP contribution in [0, 0.1) is 25.2 Å². The van der Waals surface area contributed by atoms with Crippen LogP contribution in [0.2, 0.25) is 5.02 Å². The molecule has 2 heterocycles. The molecule has 0 atom stereocenters. The second-order valence-corrected chi connectivity index (χ2v) is 7.46. The molecule has 0 N–H and O–H groups in total. The fourth-order valence-corrected chi connectivity index (χ4v) is 3.98. The Bertz CT molecular complexity index is 747. The summed E-state index contributed by atoms with van der Waals surface area (Å²) in [6.45, 7) is 7.78. The van der Waals surface area contributed by atoms with Crippen LogP contribution in [0.3, 0.4) is 0 Å². The lowest BCUT2D eigenvalue weighted by Gasteiger charge is -2.32. The molecule has 25 heavy (non-hydrogen) atoms. The normalized spacial score (nSPS) is 16.1. The van der Waals surface area contributed by atoms with E-state index in [1.165, 1.54) is 35.3 Å². The highest BCUT2D eigenvalue weighted by molar-refractivity contribution is 6.30. The van der Waals surface area contributed by atoms with Gasteiger partial charge in [-0.1, -0.05) is 11.6 Å².